The lowest BCUT2D eigenvalue weighted by molar-refractivity contribution is 0.102. The van der Waals surface area contributed by atoms with Crippen LogP contribution in [0, 0.1) is 20.8 Å². The molecule has 7 nitrogen and oxygen atoms in total. The number of aromatic nitrogens is 2. The van der Waals surface area contributed by atoms with Crippen molar-refractivity contribution < 1.29 is 14.3 Å². The van der Waals surface area contributed by atoms with Crippen LogP contribution in [0.1, 0.15) is 32.7 Å². The number of rotatable bonds is 5. The smallest absolute Gasteiger partial charge is 0.259 e. The lowest BCUT2D eigenvalue weighted by Crippen LogP contribution is -2.16. The second kappa shape index (κ2) is 7.79. The van der Waals surface area contributed by atoms with E-state index in [-0.39, 0.29) is 12.7 Å². The van der Waals surface area contributed by atoms with E-state index in [4.69, 9.17) is 9.47 Å². The number of anilines is 2. The molecule has 0 unspecified atom stereocenters. The van der Waals surface area contributed by atoms with Crippen LogP contribution in [0.2, 0.25) is 0 Å². The average Bonchev–Trinajstić information content (AvgIpc) is 3.17. The van der Waals surface area contributed by atoms with Crippen LogP contribution >= 0.6 is 0 Å². The Kier molecular flexibility index (Phi) is 5.03. The summed E-state index contributed by atoms with van der Waals surface area (Å²) in [5.74, 6) is 1.72. The second-order valence-corrected chi connectivity index (χ2v) is 7.01. The van der Waals surface area contributed by atoms with Crippen LogP contribution in [0.15, 0.2) is 42.6 Å². The monoisotopic (exact) mass is 390 g/mol. The maximum absolute atomic E-state index is 12.7. The third-order valence-corrected chi connectivity index (χ3v) is 4.75. The highest BCUT2D eigenvalue weighted by Crippen LogP contribution is 2.32. The van der Waals surface area contributed by atoms with Gasteiger partial charge < -0.3 is 20.1 Å². The zero-order valence-electron chi connectivity index (χ0n) is 16.6. The van der Waals surface area contributed by atoms with Gasteiger partial charge in [-0.25, -0.2) is 9.97 Å². The summed E-state index contributed by atoms with van der Waals surface area (Å²) in [6.45, 7) is 6.53. The fourth-order valence-electron chi connectivity index (χ4n) is 3.07. The Morgan fingerprint density at radius 1 is 1.07 bits per heavy atom. The number of nitrogens with zero attached hydrogens (tertiary/aromatic N) is 2. The van der Waals surface area contributed by atoms with Crippen LogP contribution in [0.4, 0.5) is 11.6 Å². The molecule has 0 aliphatic carbocycles. The maximum Gasteiger partial charge on any atom is 0.259 e. The number of amides is 1. The molecule has 0 spiro atoms. The molecule has 0 saturated heterocycles. The predicted octanol–water partition coefficient (Wildman–Crippen LogP) is 3.99. The van der Waals surface area contributed by atoms with E-state index in [0.29, 0.717) is 23.8 Å². The van der Waals surface area contributed by atoms with Crippen LogP contribution in [0.3, 0.4) is 0 Å². The van der Waals surface area contributed by atoms with Crippen molar-refractivity contribution in [1.29, 1.82) is 0 Å². The van der Waals surface area contributed by atoms with E-state index in [1.54, 1.807) is 13.1 Å². The zero-order chi connectivity index (χ0) is 20.4. The summed E-state index contributed by atoms with van der Waals surface area (Å²) in [7, 11) is 0. The topological polar surface area (TPSA) is 85.4 Å². The maximum atomic E-state index is 12.7. The van der Waals surface area contributed by atoms with Crippen molar-refractivity contribution in [3.8, 4) is 11.5 Å². The van der Waals surface area contributed by atoms with Crippen molar-refractivity contribution in [1.82, 2.24) is 9.97 Å². The highest BCUT2D eigenvalue weighted by Gasteiger charge is 2.15. The number of fused-ring (bicyclic) bond motifs is 1. The van der Waals surface area contributed by atoms with Gasteiger partial charge in [-0.05, 0) is 55.7 Å². The molecule has 2 heterocycles. The summed E-state index contributed by atoms with van der Waals surface area (Å²) in [4.78, 5) is 21.4. The highest BCUT2D eigenvalue weighted by molar-refractivity contribution is 6.05. The zero-order valence-corrected chi connectivity index (χ0v) is 16.6. The Morgan fingerprint density at radius 2 is 1.90 bits per heavy atom. The minimum atomic E-state index is -0.224. The average molecular weight is 390 g/mol. The van der Waals surface area contributed by atoms with Crippen molar-refractivity contribution >= 4 is 17.5 Å². The molecule has 0 bridgehead atoms. The van der Waals surface area contributed by atoms with Crippen LogP contribution in [-0.4, -0.2) is 22.7 Å². The normalized spacial score (nSPS) is 12.0. The first-order chi connectivity index (χ1) is 14.0. The molecular weight excluding hydrogens is 368 g/mol. The van der Waals surface area contributed by atoms with Crippen molar-refractivity contribution in [3.63, 3.8) is 0 Å². The minimum Gasteiger partial charge on any atom is -0.454 e. The number of benzene rings is 2. The minimum absolute atomic E-state index is 0.224. The van der Waals surface area contributed by atoms with Crippen LogP contribution in [0.5, 0.6) is 11.5 Å². The third-order valence-electron chi connectivity index (χ3n) is 4.75. The lowest BCUT2D eigenvalue weighted by atomic mass is 10.1. The molecule has 1 aliphatic heterocycles. The van der Waals surface area contributed by atoms with Gasteiger partial charge in [0.2, 0.25) is 12.7 Å². The molecule has 0 fully saturated rings. The molecule has 1 aromatic heterocycles. The summed E-state index contributed by atoms with van der Waals surface area (Å²) < 4.78 is 10.7. The van der Waals surface area contributed by atoms with Gasteiger partial charge in [-0.1, -0.05) is 18.2 Å². The number of nitrogens with one attached hydrogen (secondary N) is 2. The largest absolute Gasteiger partial charge is 0.454 e. The fraction of sp³-hybridized carbons (Fsp3) is 0.227. The summed E-state index contributed by atoms with van der Waals surface area (Å²) in [6, 6.07) is 11.7. The van der Waals surface area contributed by atoms with Crippen LogP contribution in [0.25, 0.3) is 0 Å². The summed E-state index contributed by atoms with van der Waals surface area (Å²) >= 11 is 0. The molecule has 0 radical (unpaired) electrons. The van der Waals surface area contributed by atoms with E-state index in [0.717, 1.165) is 33.9 Å². The molecule has 2 N–H and O–H groups in total. The highest BCUT2D eigenvalue weighted by atomic mass is 16.7. The predicted molar refractivity (Wildman–Crippen MR) is 111 cm³/mol. The van der Waals surface area contributed by atoms with E-state index < -0.39 is 0 Å². The molecule has 0 atom stereocenters. The number of carbonyl (C=O) groups is 1. The SMILES string of the molecule is Cc1ccc(C)c(NC(=O)c2cnc(NCc3ccc4c(c3)OCO4)nc2C)c1. The van der Waals surface area contributed by atoms with Gasteiger partial charge >= 0.3 is 0 Å². The van der Waals surface area contributed by atoms with Gasteiger partial charge in [0.1, 0.15) is 0 Å². The summed E-state index contributed by atoms with van der Waals surface area (Å²) in [6.07, 6.45) is 1.55. The van der Waals surface area contributed by atoms with Gasteiger partial charge in [-0.2, -0.15) is 0 Å². The van der Waals surface area contributed by atoms with Gasteiger partial charge in [0.25, 0.3) is 5.91 Å². The van der Waals surface area contributed by atoms with Crippen molar-refractivity contribution in [2.24, 2.45) is 0 Å². The number of carbonyl (C=O) groups excluding carboxylic acids is 1. The second-order valence-electron chi connectivity index (χ2n) is 7.01. The number of aryl methyl sites for hydroxylation is 3. The van der Waals surface area contributed by atoms with E-state index in [1.165, 1.54) is 0 Å². The Morgan fingerprint density at radius 3 is 2.72 bits per heavy atom. The molecule has 1 amide bonds. The van der Waals surface area contributed by atoms with Gasteiger partial charge in [0.05, 0.1) is 11.3 Å². The number of ether oxygens (including phenoxy) is 2. The van der Waals surface area contributed by atoms with Crippen molar-refractivity contribution in [2.45, 2.75) is 27.3 Å². The van der Waals surface area contributed by atoms with Crippen LogP contribution in [-0.2, 0) is 6.54 Å². The molecule has 4 rings (SSSR count). The molecule has 7 heteroatoms. The number of hydrogen-bond acceptors (Lipinski definition) is 6. The molecule has 1 aliphatic rings. The first-order valence-electron chi connectivity index (χ1n) is 9.34. The first kappa shape index (κ1) is 18.7. The summed E-state index contributed by atoms with van der Waals surface area (Å²) in [5, 5.41) is 6.12. The Bertz CT molecular complexity index is 1080. The molecule has 29 heavy (non-hydrogen) atoms. The fourth-order valence-corrected chi connectivity index (χ4v) is 3.07. The van der Waals surface area contributed by atoms with E-state index in [1.807, 2.05) is 50.2 Å². The van der Waals surface area contributed by atoms with Gasteiger partial charge in [0.15, 0.2) is 11.5 Å². The molecular formula is C22H22N4O3. The van der Waals surface area contributed by atoms with Gasteiger partial charge in [-0.3, -0.25) is 4.79 Å². The number of hydrogen-bond donors (Lipinski definition) is 2. The standard InChI is InChI=1S/C22H22N4O3/c1-13-4-5-14(2)18(8-13)26-21(27)17-11-24-22(25-15(17)3)23-10-16-6-7-19-20(9-16)29-12-28-19/h4-9,11H,10,12H2,1-3H3,(H,26,27)(H,23,24,25). The lowest BCUT2D eigenvalue weighted by Gasteiger charge is -2.11. The Labute approximate surface area is 169 Å². The van der Waals surface area contributed by atoms with Gasteiger partial charge in [0, 0.05) is 18.4 Å². The van der Waals surface area contributed by atoms with Crippen molar-refractivity contribution in [3.05, 3.63) is 70.5 Å². The van der Waals surface area contributed by atoms with Crippen LogP contribution < -0.4 is 20.1 Å². The Balaban J connectivity index is 1.43. The van der Waals surface area contributed by atoms with E-state index in [9.17, 15) is 4.79 Å². The quantitative estimate of drug-likeness (QED) is 0.685. The first-order valence-corrected chi connectivity index (χ1v) is 9.34. The third kappa shape index (κ3) is 4.13. The Hall–Kier alpha value is -3.61. The van der Waals surface area contributed by atoms with E-state index in [2.05, 4.69) is 20.6 Å². The molecule has 2 aromatic carbocycles. The molecule has 3 aromatic rings. The van der Waals surface area contributed by atoms with E-state index >= 15 is 0 Å². The molecule has 0 saturated carbocycles. The summed E-state index contributed by atoms with van der Waals surface area (Å²) in [5.41, 5.74) is 4.95. The van der Waals surface area contributed by atoms with Gasteiger partial charge in [-0.15, -0.1) is 0 Å². The molecule has 148 valence electrons. The van der Waals surface area contributed by atoms with Crippen molar-refractivity contribution in [2.75, 3.05) is 17.4 Å².